The monoisotopic (exact) mass is 292 g/mol. The highest BCUT2D eigenvalue weighted by Gasteiger charge is 2.17. The summed E-state index contributed by atoms with van der Waals surface area (Å²) in [6, 6.07) is 7.37. The van der Waals surface area contributed by atoms with Crippen LogP contribution < -0.4 is 11.1 Å². The van der Waals surface area contributed by atoms with Gasteiger partial charge in [-0.15, -0.1) is 0 Å². The van der Waals surface area contributed by atoms with Crippen molar-refractivity contribution in [3.8, 4) is 0 Å². The lowest BCUT2D eigenvalue weighted by Crippen LogP contribution is -2.37. The molecule has 0 heterocycles. The average Bonchev–Trinajstić information content (AvgIpc) is 2.42. The molecule has 1 rings (SSSR count). The highest BCUT2D eigenvalue weighted by atomic mass is 16.5. The average molecular weight is 292 g/mol. The number of nitrogens with one attached hydrogen (secondary N) is 1. The van der Waals surface area contributed by atoms with Crippen molar-refractivity contribution < 1.29 is 14.3 Å². The van der Waals surface area contributed by atoms with Crippen molar-refractivity contribution in [2.45, 2.75) is 39.7 Å². The van der Waals surface area contributed by atoms with Gasteiger partial charge in [0.25, 0.3) is 5.91 Å². The minimum Gasteiger partial charge on any atom is -0.453 e. The Morgan fingerprint density at radius 1 is 1.29 bits per heavy atom. The Balaban J connectivity index is 2.34. The summed E-state index contributed by atoms with van der Waals surface area (Å²) in [5, 5.41) is 2.74. The van der Waals surface area contributed by atoms with Gasteiger partial charge in [-0.3, -0.25) is 9.59 Å². The van der Waals surface area contributed by atoms with Gasteiger partial charge in [0.2, 0.25) is 0 Å². The Labute approximate surface area is 125 Å². The fraction of sp³-hybridized carbons (Fsp3) is 0.500. The van der Waals surface area contributed by atoms with E-state index >= 15 is 0 Å². The van der Waals surface area contributed by atoms with Crippen LogP contribution >= 0.6 is 0 Å². The number of ether oxygens (including phenoxy) is 1. The number of hydrogen-bond donors (Lipinski definition) is 2. The fourth-order valence-electron chi connectivity index (χ4n) is 1.75. The Morgan fingerprint density at radius 2 is 2.00 bits per heavy atom. The van der Waals surface area contributed by atoms with Gasteiger partial charge < -0.3 is 15.8 Å². The molecule has 0 aliphatic rings. The molecule has 0 spiro atoms. The predicted molar refractivity (Wildman–Crippen MR) is 82.6 cm³/mol. The molecule has 3 N–H and O–H groups in total. The van der Waals surface area contributed by atoms with Gasteiger partial charge in [-0.2, -0.15) is 0 Å². The van der Waals surface area contributed by atoms with Crippen LogP contribution in [0.4, 0.5) is 5.69 Å². The van der Waals surface area contributed by atoms with Gasteiger partial charge in [-0.25, -0.2) is 0 Å². The summed E-state index contributed by atoms with van der Waals surface area (Å²) in [7, 11) is 0. The number of rotatable bonds is 7. The number of amides is 1. The van der Waals surface area contributed by atoms with Crippen LogP contribution in [0.2, 0.25) is 0 Å². The molecule has 1 atom stereocenters. The smallest absolute Gasteiger partial charge is 0.306 e. The molecule has 116 valence electrons. The molecule has 0 aliphatic carbocycles. The molecule has 1 unspecified atom stereocenters. The standard InChI is InChI=1S/C16H24N2O3/c1-11(2)10-18-16(20)12(3)21-15(19)8-7-13-5-4-6-14(17)9-13/h4-6,9,11-12H,7-8,10,17H2,1-3H3,(H,18,20). The maximum absolute atomic E-state index is 11.7. The molecule has 0 fully saturated rings. The molecule has 1 aromatic carbocycles. The van der Waals surface area contributed by atoms with E-state index in [-0.39, 0.29) is 18.3 Å². The summed E-state index contributed by atoms with van der Waals surface area (Å²) in [6.07, 6.45) is 0.00669. The number of benzene rings is 1. The number of aryl methyl sites for hydroxylation is 1. The fourth-order valence-corrected chi connectivity index (χ4v) is 1.75. The first kappa shape index (κ1) is 17.0. The second kappa shape index (κ2) is 8.29. The van der Waals surface area contributed by atoms with Crippen molar-refractivity contribution in [2.75, 3.05) is 12.3 Å². The van der Waals surface area contributed by atoms with Crippen molar-refractivity contribution in [2.24, 2.45) is 5.92 Å². The van der Waals surface area contributed by atoms with E-state index in [9.17, 15) is 9.59 Å². The molecule has 0 saturated heterocycles. The molecule has 21 heavy (non-hydrogen) atoms. The lowest BCUT2D eigenvalue weighted by molar-refractivity contribution is -0.154. The summed E-state index contributed by atoms with van der Waals surface area (Å²) in [5.74, 6) is -0.286. The van der Waals surface area contributed by atoms with Crippen LogP contribution in [0.25, 0.3) is 0 Å². The third kappa shape index (κ3) is 6.79. The Bertz CT molecular complexity index is 486. The highest BCUT2D eigenvalue weighted by Crippen LogP contribution is 2.09. The number of nitrogens with two attached hydrogens (primary N) is 1. The largest absolute Gasteiger partial charge is 0.453 e. The third-order valence-corrected chi connectivity index (χ3v) is 2.93. The topological polar surface area (TPSA) is 81.4 Å². The van der Waals surface area contributed by atoms with Crippen LogP contribution in [0, 0.1) is 5.92 Å². The Kier molecular flexibility index (Phi) is 6.72. The van der Waals surface area contributed by atoms with E-state index < -0.39 is 6.10 Å². The second-order valence-electron chi connectivity index (χ2n) is 5.52. The third-order valence-electron chi connectivity index (χ3n) is 2.93. The van der Waals surface area contributed by atoms with Crippen LogP contribution in [-0.4, -0.2) is 24.5 Å². The molecule has 0 bridgehead atoms. The zero-order valence-corrected chi connectivity index (χ0v) is 12.9. The van der Waals surface area contributed by atoms with Crippen LogP contribution in [0.3, 0.4) is 0 Å². The molecular weight excluding hydrogens is 268 g/mol. The first-order chi connectivity index (χ1) is 9.88. The maximum atomic E-state index is 11.7. The van der Waals surface area contributed by atoms with Gasteiger partial charge >= 0.3 is 5.97 Å². The molecule has 1 aromatic rings. The normalized spacial score (nSPS) is 12.0. The summed E-state index contributed by atoms with van der Waals surface area (Å²) >= 11 is 0. The number of carbonyl (C=O) groups excluding carboxylic acids is 2. The summed E-state index contributed by atoms with van der Waals surface area (Å²) in [5.41, 5.74) is 7.32. The molecule has 0 aliphatic heterocycles. The molecular formula is C16H24N2O3. The molecule has 1 amide bonds. The van der Waals surface area contributed by atoms with Crippen LogP contribution in [0.5, 0.6) is 0 Å². The van der Waals surface area contributed by atoms with E-state index in [4.69, 9.17) is 10.5 Å². The van der Waals surface area contributed by atoms with E-state index in [0.717, 1.165) is 5.56 Å². The van der Waals surface area contributed by atoms with E-state index in [1.165, 1.54) is 0 Å². The maximum Gasteiger partial charge on any atom is 0.306 e. The molecule has 0 radical (unpaired) electrons. The highest BCUT2D eigenvalue weighted by molar-refractivity contribution is 5.83. The number of nitrogen functional groups attached to an aromatic ring is 1. The zero-order valence-electron chi connectivity index (χ0n) is 12.9. The van der Waals surface area contributed by atoms with Crippen LogP contribution in [0.15, 0.2) is 24.3 Å². The Morgan fingerprint density at radius 3 is 2.62 bits per heavy atom. The van der Waals surface area contributed by atoms with E-state index in [1.807, 2.05) is 32.0 Å². The van der Waals surface area contributed by atoms with E-state index in [2.05, 4.69) is 5.32 Å². The lowest BCUT2D eigenvalue weighted by atomic mass is 10.1. The first-order valence-electron chi connectivity index (χ1n) is 7.20. The SMILES string of the molecule is CC(C)CNC(=O)C(C)OC(=O)CCc1cccc(N)c1. The first-order valence-corrected chi connectivity index (χ1v) is 7.20. The number of carbonyl (C=O) groups is 2. The van der Waals surface area contributed by atoms with Crippen molar-refractivity contribution in [3.63, 3.8) is 0 Å². The minimum atomic E-state index is -0.767. The second-order valence-corrected chi connectivity index (χ2v) is 5.52. The van der Waals surface area contributed by atoms with Crippen molar-refractivity contribution in [3.05, 3.63) is 29.8 Å². The summed E-state index contributed by atoms with van der Waals surface area (Å²) < 4.78 is 5.11. The van der Waals surface area contributed by atoms with Gasteiger partial charge in [0.15, 0.2) is 6.10 Å². The van der Waals surface area contributed by atoms with Crippen molar-refractivity contribution in [1.82, 2.24) is 5.32 Å². The van der Waals surface area contributed by atoms with Gasteiger partial charge in [0.1, 0.15) is 0 Å². The molecule has 5 heteroatoms. The quantitative estimate of drug-likeness (QED) is 0.594. The van der Waals surface area contributed by atoms with Crippen LogP contribution in [0.1, 0.15) is 32.8 Å². The lowest BCUT2D eigenvalue weighted by Gasteiger charge is -2.14. The number of esters is 1. The zero-order chi connectivity index (χ0) is 15.8. The van der Waals surface area contributed by atoms with Crippen molar-refractivity contribution in [1.29, 1.82) is 0 Å². The Hall–Kier alpha value is -2.04. The van der Waals surface area contributed by atoms with Gasteiger partial charge in [0.05, 0.1) is 0 Å². The van der Waals surface area contributed by atoms with Gasteiger partial charge in [-0.1, -0.05) is 26.0 Å². The summed E-state index contributed by atoms with van der Waals surface area (Å²) in [4.78, 5) is 23.4. The minimum absolute atomic E-state index is 0.227. The van der Waals surface area contributed by atoms with Gasteiger partial charge in [-0.05, 0) is 37.0 Å². The molecule has 0 aromatic heterocycles. The number of anilines is 1. The van der Waals surface area contributed by atoms with E-state index in [1.54, 1.807) is 13.0 Å². The van der Waals surface area contributed by atoms with Crippen molar-refractivity contribution >= 4 is 17.6 Å². The van der Waals surface area contributed by atoms with E-state index in [0.29, 0.717) is 24.6 Å². The molecule has 5 nitrogen and oxygen atoms in total. The molecule has 0 saturated carbocycles. The van der Waals surface area contributed by atoms with Crippen LogP contribution in [-0.2, 0) is 20.7 Å². The number of hydrogen-bond acceptors (Lipinski definition) is 4. The summed E-state index contributed by atoms with van der Waals surface area (Å²) in [6.45, 7) is 6.16. The van der Waals surface area contributed by atoms with Gasteiger partial charge in [0, 0.05) is 18.7 Å². The predicted octanol–water partition coefficient (Wildman–Crippen LogP) is 1.91.